The second-order valence-corrected chi connectivity index (χ2v) is 9.32. The van der Waals surface area contributed by atoms with Crippen molar-refractivity contribution in [3.63, 3.8) is 0 Å². The fraction of sp³-hybridized carbons (Fsp3) is 0.357. The Labute approximate surface area is 241 Å². The summed E-state index contributed by atoms with van der Waals surface area (Å²) < 4.78 is 16.2. The van der Waals surface area contributed by atoms with Crippen LogP contribution in [0.3, 0.4) is 0 Å². The Morgan fingerprint density at radius 2 is 1.64 bits per heavy atom. The number of hydrogen-bond acceptors (Lipinski definition) is 9. The third-order valence-corrected chi connectivity index (χ3v) is 6.30. The quantitative estimate of drug-likeness (QED) is 0.122. The Bertz CT molecular complexity index is 1650. The van der Waals surface area contributed by atoms with E-state index in [1.54, 1.807) is 52.1 Å². The molecule has 0 bridgehead atoms. The lowest BCUT2D eigenvalue weighted by Gasteiger charge is -2.13. The summed E-state index contributed by atoms with van der Waals surface area (Å²) in [4.78, 5) is 42.5. The van der Waals surface area contributed by atoms with Gasteiger partial charge in [0.1, 0.15) is 35.9 Å². The van der Waals surface area contributed by atoms with E-state index in [9.17, 15) is 19.5 Å². The van der Waals surface area contributed by atoms with Crippen LogP contribution in [0, 0.1) is 13.8 Å². The first-order valence-electron chi connectivity index (χ1n) is 13.5. The Hall–Kier alpha value is -4.98. The van der Waals surface area contributed by atoms with E-state index in [4.69, 9.17) is 15.2 Å². The maximum atomic E-state index is 13.2. The number of ether oxygens (including phenoxy) is 2. The van der Waals surface area contributed by atoms with Crippen LogP contribution in [0.4, 0.5) is 5.95 Å². The number of imidazole rings is 1. The van der Waals surface area contributed by atoms with E-state index in [1.807, 2.05) is 13.8 Å². The fourth-order valence-electron chi connectivity index (χ4n) is 4.46. The summed E-state index contributed by atoms with van der Waals surface area (Å²) in [6, 6.07) is 6.29. The highest BCUT2D eigenvalue weighted by molar-refractivity contribution is 6.04. The zero-order valence-corrected chi connectivity index (χ0v) is 24.0. The number of amides is 2. The van der Waals surface area contributed by atoms with Gasteiger partial charge < -0.3 is 24.9 Å². The van der Waals surface area contributed by atoms with E-state index < -0.39 is 17.8 Å². The van der Waals surface area contributed by atoms with Crippen molar-refractivity contribution in [2.24, 2.45) is 5.73 Å². The minimum Gasteiger partial charge on any atom is -0.488 e. The highest BCUT2D eigenvalue weighted by atomic mass is 16.6. The average Bonchev–Trinajstić information content (AvgIpc) is 3.64. The van der Waals surface area contributed by atoms with E-state index in [0.717, 1.165) is 0 Å². The molecule has 0 saturated heterocycles. The summed E-state index contributed by atoms with van der Waals surface area (Å²) >= 11 is 0. The maximum Gasteiger partial charge on any atom is 0.356 e. The van der Waals surface area contributed by atoms with E-state index in [-0.39, 0.29) is 43.6 Å². The number of aliphatic hydroxyl groups excluding tert-OH is 1. The number of nitrogens with zero attached hydrogens (tertiary/aromatic N) is 6. The third kappa shape index (κ3) is 6.49. The molecule has 14 heteroatoms. The molecule has 0 atom stereocenters. The van der Waals surface area contributed by atoms with E-state index in [2.05, 4.69) is 20.5 Å². The second kappa shape index (κ2) is 13.1. The van der Waals surface area contributed by atoms with Gasteiger partial charge in [-0.25, -0.2) is 9.78 Å². The highest BCUT2D eigenvalue weighted by Gasteiger charge is 2.22. The van der Waals surface area contributed by atoms with Crippen molar-refractivity contribution < 1.29 is 29.0 Å². The number of aromatic nitrogens is 6. The van der Waals surface area contributed by atoms with Gasteiger partial charge >= 0.3 is 5.97 Å². The molecule has 0 unspecified atom stereocenters. The van der Waals surface area contributed by atoms with Crippen molar-refractivity contribution in [1.29, 1.82) is 0 Å². The van der Waals surface area contributed by atoms with Gasteiger partial charge in [-0.15, -0.1) is 0 Å². The van der Waals surface area contributed by atoms with Gasteiger partial charge in [0, 0.05) is 25.2 Å². The van der Waals surface area contributed by atoms with E-state index in [0.29, 0.717) is 46.9 Å². The van der Waals surface area contributed by atoms with Crippen LogP contribution in [0.1, 0.15) is 56.6 Å². The molecule has 2 amide bonds. The van der Waals surface area contributed by atoms with Crippen LogP contribution in [-0.2, 0) is 24.4 Å². The molecule has 222 valence electrons. The summed E-state index contributed by atoms with van der Waals surface area (Å²) in [6.07, 6.45) is 3.25. The van der Waals surface area contributed by atoms with Gasteiger partial charge in [0.2, 0.25) is 11.9 Å². The van der Waals surface area contributed by atoms with Gasteiger partial charge in [-0.05, 0) is 52.0 Å². The molecule has 0 spiro atoms. The monoisotopic (exact) mass is 578 g/mol. The average molecular weight is 579 g/mol. The number of nitrogens with two attached hydrogens (primary N) is 1. The van der Waals surface area contributed by atoms with Crippen LogP contribution in [0.25, 0.3) is 11.0 Å². The molecule has 1 aromatic carbocycles. The summed E-state index contributed by atoms with van der Waals surface area (Å²) in [7, 11) is 0. The smallest absolute Gasteiger partial charge is 0.356 e. The lowest BCUT2D eigenvalue weighted by atomic mass is 10.1. The summed E-state index contributed by atoms with van der Waals surface area (Å²) in [5.41, 5.74) is 8.60. The number of aliphatic hydroxyl groups is 1. The van der Waals surface area contributed by atoms with Crippen molar-refractivity contribution >= 4 is 34.8 Å². The Balaban J connectivity index is 1.64. The van der Waals surface area contributed by atoms with Crippen molar-refractivity contribution in [1.82, 2.24) is 29.1 Å². The van der Waals surface area contributed by atoms with Crippen LogP contribution in [0.5, 0.6) is 5.75 Å². The maximum absolute atomic E-state index is 13.2. The Morgan fingerprint density at radius 3 is 2.29 bits per heavy atom. The number of fused-ring (bicyclic) bond motifs is 1. The van der Waals surface area contributed by atoms with Gasteiger partial charge in [0.25, 0.3) is 5.91 Å². The molecule has 0 aliphatic rings. The number of allylic oxidation sites excluding steroid dienone is 1. The number of rotatable bonds is 13. The molecule has 0 radical (unpaired) electrons. The fourth-order valence-corrected chi connectivity index (χ4v) is 4.46. The van der Waals surface area contributed by atoms with Crippen LogP contribution in [-0.4, -0.2) is 71.8 Å². The molecule has 4 rings (SSSR count). The number of aryl methyl sites for hydroxylation is 4. The van der Waals surface area contributed by atoms with Crippen LogP contribution in [0.2, 0.25) is 0 Å². The summed E-state index contributed by atoms with van der Waals surface area (Å²) in [5.74, 6) is -1.24. The van der Waals surface area contributed by atoms with Crippen LogP contribution < -0.4 is 15.8 Å². The van der Waals surface area contributed by atoms with Gasteiger partial charge in [0.05, 0.1) is 23.5 Å². The van der Waals surface area contributed by atoms with Crippen molar-refractivity contribution in [3.8, 4) is 5.75 Å². The van der Waals surface area contributed by atoms with Gasteiger partial charge in [-0.1, -0.05) is 12.2 Å². The highest BCUT2D eigenvalue weighted by Crippen LogP contribution is 2.31. The topological polar surface area (TPSA) is 181 Å². The van der Waals surface area contributed by atoms with E-state index in [1.165, 1.54) is 12.1 Å². The number of primary amides is 1. The van der Waals surface area contributed by atoms with Gasteiger partial charge in [-0.2, -0.15) is 10.2 Å². The molecule has 42 heavy (non-hydrogen) atoms. The van der Waals surface area contributed by atoms with Gasteiger partial charge in [0.15, 0.2) is 0 Å². The van der Waals surface area contributed by atoms with E-state index >= 15 is 0 Å². The molecule has 0 aliphatic heterocycles. The summed E-state index contributed by atoms with van der Waals surface area (Å²) in [6.45, 7) is 8.25. The summed E-state index contributed by atoms with van der Waals surface area (Å²) in [5, 5.41) is 20.7. The first kappa shape index (κ1) is 30.0. The molecule has 3 heterocycles. The minimum absolute atomic E-state index is 0.0450. The standard InChI is InChI=1S/C28H34N8O6/c1-5-35-21(13-17(3)32-35)26(39)31-28-30-20-15-19(25(29)38)16-23(24(20)34(28)9-7-8-10-37)41-11-12-42-27(40)22-14-18(4)33-36(22)6-2/h7-8,13-16,37H,5-6,9-12H2,1-4H3,(H2,29,38)(H,30,31,39). The molecular weight excluding hydrogens is 544 g/mol. The normalized spacial score (nSPS) is 11.4. The number of carbonyl (C=O) groups is 3. The third-order valence-electron chi connectivity index (χ3n) is 6.30. The van der Waals surface area contributed by atoms with Crippen LogP contribution in [0.15, 0.2) is 36.4 Å². The minimum atomic E-state index is -0.695. The Morgan fingerprint density at radius 1 is 0.976 bits per heavy atom. The molecule has 0 fully saturated rings. The molecule has 3 aromatic heterocycles. The van der Waals surface area contributed by atoms with Crippen molar-refractivity contribution in [2.45, 2.75) is 47.3 Å². The Kier molecular flexibility index (Phi) is 9.37. The lowest BCUT2D eigenvalue weighted by molar-refractivity contribution is 0.0437. The number of esters is 1. The predicted octanol–water partition coefficient (Wildman–Crippen LogP) is 2.22. The molecule has 4 N–H and O–H groups in total. The molecule has 14 nitrogen and oxygen atoms in total. The predicted molar refractivity (Wildman–Crippen MR) is 153 cm³/mol. The number of hydrogen-bond donors (Lipinski definition) is 3. The molecule has 0 saturated carbocycles. The number of carbonyl (C=O) groups excluding carboxylic acids is 3. The SMILES string of the molecule is CCn1nc(C)cc1C(=O)Nc1nc2cc(C(N)=O)cc(OCCOC(=O)c3cc(C)nn3CC)c2n1CC=CCO. The number of benzene rings is 1. The molecule has 4 aromatic rings. The molecule has 0 aliphatic carbocycles. The lowest BCUT2D eigenvalue weighted by Crippen LogP contribution is -2.20. The van der Waals surface area contributed by atoms with Crippen molar-refractivity contribution in [2.75, 3.05) is 25.1 Å². The van der Waals surface area contributed by atoms with Crippen molar-refractivity contribution in [3.05, 3.63) is 64.8 Å². The zero-order valence-electron chi connectivity index (χ0n) is 24.0. The first-order valence-corrected chi connectivity index (χ1v) is 13.5. The largest absolute Gasteiger partial charge is 0.488 e. The number of anilines is 1. The van der Waals surface area contributed by atoms with Gasteiger partial charge in [-0.3, -0.25) is 24.3 Å². The second-order valence-electron chi connectivity index (χ2n) is 9.32. The van der Waals surface area contributed by atoms with Crippen LogP contribution >= 0.6 is 0 Å². The zero-order chi connectivity index (χ0) is 30.4. The molecular formula is C28H34N8O6. The first-order chi connectivity index (χ1) is 20.2. The number of nitrogens with one attached hydrogen (secondary N) is 1.